The molecule has 0 heterocycles. The van der Waals surface area contributed by atoms with E-state index in [2.05, 4.69) is 54.5 Å². The second-order valence-corrected chi connectivity index (χ2v) is 6.44. The predicted octanol–water partition coefficient (Wildman–Crippen LogP) is 4.30. The number of alkyl halides is 1. The third-order valence-electron chi connectivity index (χ3n) is 2.39. The topological polar surface area (TPSA) is 20.3 Å². The molecule has 0 aliphatic carbocycles. The van der Waals surface area contributed by atoms with Crippen LogP contribution in [-0.2, 0) is 0 Å². The van der Waals surface area contributed by atoms with Crippen molar-refractivity contribution in [3.8, 4) is 0 Å². The van der Waals surface area contributed by atoms with Crippen LogP contribution in [0.2, 0.25) is 0 Å². The highest BCUT2D eigenvalue weighted by molar-refractivity contribution is 14.1. The van der Waals surface area contributed by atoms with Crippen LogP contribution in [0.5, 0.6) is 0 Å². The predicted molar refractivity (Wildman–Crippen MR) is 86.8 cm³/mol. The molecular weight excluding hydrogens is 461 g/mol. The molecule has 1 amide bonds. The van der Waals surface area contributed by atoms with Crippen LogP contribution in [0.15, 0.2) is 22.7 Å². The van der Waals surface area contributed by atoms with Gasteiger partial charge in [0.25, 0.3) is 5.91 Å². The quantitative estimate of drug-likeness (QED) is 0.460. The first-order chi connectivity index (χ1) is 8.10. The minimum Gasteiger partial charge on any atom is -0.339 e. The van der Waals surface area contributed by atoms with Crippen molar-refractivity contribution in [3.05, 3.63) is 31.8 Å². The molecule has 0 saturated carbocycles. The van der Waals surface area contributed by atoms with Gasteiger partial charge >= 0.3 is 0 Å². The number of benzene rings is 1. The molecule has 0 bridgehead atoms. The van der Waals surface area contributed by atoms with E-state index in [4.69, 9.17) is 0 Å². The van der Waals surface area contributed by atoms with Crippen LogP contribution in [-0.4, -0.2) is 29.2 Å². The van der Waals surface area contributed by atoms with Gasteiger partial charge in [-0.1, -0.05) is 15.9 Å². The molecule has 0 radical (unpaired) electrons. The highest BCUT2D eigenvalue weighted by Gasteiger charge is 2.16. The summed E-state index contributed by atoms with van der Waals surface area (Å²) in [6.07, 6.45) is 0.973. The molecule has 0 N–H and O–H groups in total. The molecule has 2 nitrogen and oxygen atoms in total. The molecule has 0 fully saturated rings. The number of rotatable bonds is 5. The largest absolute Gasteiger partial charge is 0.339 e. The molecular formula is C12H14Br2INO. The zero-order valence-electron chi connectivity index (χ0n) is 9.55. The fraction of sp³-hybridized carbons (Fsp3) is 0.417. The van der Waals surface area contributed by atoms with E-state index >= 15 is 0 Å². The maximum atomic E-state index is 12.3. The van der Waals surface area contributed by atoms with E-state index in [9.17, 15) is 4.79 Å². The fourth-order valence-corrected chi connectivity index (χ4v) is 2.64. The maximum Gasteiger partial charge on any atom is 0.255 e. The van der Waals surface area contributed by atoms with Crippen molar-refractivity contribution in [1.82, 2.24) is 4.90 Å². The van der Waals surface area contributed by atoms with Crippen molar-refractivity contribution in [2.45, 2.75) is 13.3 Å². The Morgan fingerprint density at radius 1 is 1.47 bits per heavy atom. The van der Waals surface area contributed by atoms with Gasteiger partial charge in [-0.05, 0) is 70.1 Å². The number of hydrogen-bond donors (Lipinski definition) is 0. The van der Waals surface area contributed by atoms with Gasteiger partial charge in [-0.25, -0.2) is 0 Å². The van der Waals surface area contributed by atoms with Gasteiger partial charge in [0, 0.05) is 26.5 Å². The number of halogens is 3. The normalized spacial score (nSPS) is 10.4. The Morgan fingerprint density at radius 3 is 2.76 bits per heavy atom. The summed E-state index contributed by atoms with van der Waals surface area (Å²) in [5.74, 6) is 0.0961. The maximum absolute atomic E-state index is 12.3. The molecule has 0 atom stereocenters. The first kappa shape index (κ1) is 15.4. The Hall–Kier alpha value is 0.380. The molecule has 0 spiro atoms. The summed E-state index contributed by atoms with van der Waals surface area (Å²) in [4.78, 5) is 14.2. The van der Waals surface area contributed by atoms with Gasteiger partial charge in [-0.2, -0.15) is 0 Å². The van der Waals surface area contributed by atoms with Gasteiger partial charge in [-0.3, -0.25) is 4.79 Å². The average molecular weight is 475 g/mol. The first-order valence-corrected chi connectivity index (χ1v) is 8.39. The van der Waals surface area contributed by atoms with Crippen molar-refractivity contribution >= 4 is 60.4 Å². The van der Waals surface area contributed by atoms with Gasteiger partial charge in [0.2, 0.25) is 0 Å². The third kappa shape index (κ3) is 4.52. The Balaban J connectivity index is 2.89. The molecule has 0 saturated heterocycles. The SMILES string of the molecule is CCN(CCCBr)C(=O)c1cc(I)ccc1Br. The summed E-state index contributed by atoms with van der Waals surface area (Å²) in [6.45, 7) is 3.54. The Bertz CT molecular complexity index is 398. The lowest BCUT2D eigenvalue weighted by atomic mass is 10.2. The van der Waals surface area contributed by atoms with Crippen LogP contribution < -0.4 is 0 Å². The number of carbonyl (C=O) groups is 1. The number of hydrogen-bond acceptors (Lipinski definition) is 1. The van der Waals surface area contributed by atoms with Crippen LogP contribution in [0.3, 0.4) is 0 Å². The van der Waals surface area contributed by atoms with Crippen molar-refractivity contribution < 1.29 is 4.79 Å². The molecule has 1 rings (SSSR count). The third-order valence-corrected chi connectivity index (χ3v) is 4.31. The molecule has 1 aromatic rings. The van der Waals surface area contributed by atoms with E-state index in [1.165, 1.54) is 0 Å². The second-order valence-electron chi connectivity index (χ2n) is 3.55. The smallest absolute Gasteiger partial charge is 0.255 e. The zero-order chi connectivity index (χ0) is 12.8. The summed E-state index contributed by atoms with van der Waals surface area (Å²) < 4.78 is 1.94. The second kappa shape index (κ2) is 7.74. The van der Waals surface area contributed by atoms with E-state index in [0.717, 1.165) is 38.4 Å². The van der Waals surface area contributed by atoms with Gasteiger partial charge in [0.05, 0.1) is 5.56 Å². The number of amides is 1. The molecule has 17 heavy (non-hydrogen) atoms. The molecule has 0 aliphatic heterocycles. The summed E-state index contributed by atoms with van der Waals surface area (Å²) in [7, 11) is 0. The monoisotopic (exact) mass is 473 g/mol. The first-order valence-electron chi connectivity index (χ1n) is 5.40. The molecule has 94 valence electrons. The van der Waals surface area contributed by atoms with Crippen molar-refractivity contribution in [2.75, 3.05) is 18.4 Å². The lowest BCUT2D eigenvalue weighted by Gasteiger charge is -2.21. The lowest BCUT2D eigenvalue weighted by molar-refractivity contribution is 0.0764. The average Bonchev–Trinajstić information content (AvgIpc) is 2.33. The minimum atomic E-state index is 0.0961. The Kier molecular flexibility index (Phi) is 7.02. The van der Waals surface area contributed by atoms with E-state index in [1.54, 1.807) is 0 Å². The Morgan fingerprint density at radius 2 is 2.18 bits per heavy atom. The highest BCUT2D eigenvalue weighted by Crippen LogP contribution is 2.21. The van der Waals surface area contributed by atoms with Crippen LogP contribution in [0.4, 0.5) is 0 Å². The van der Waals surface area contributed by atoms with Crippen LogP contribution in [0.1, 0.15) is 23.7 Å². The highest BCUT2D eigenvalue weighted by atomic mass is 127. The van der Waals surface area contributed by atoms with Crippen molar-refractivity contribution in [3.63, 3.8) is 0 Å². The molecule has 0 unspecified atom stereocenters. The fourth-order valence-electron chi connectivity index (χ4n) is 1.49. The van der Waals surface area contributed by atoms with E-state index < -0.39 is 0 Å². The Labute approximate surface area is 133 Å². The zero-order valence-corrected chi connectivity index (χ0v) is 14.9. The minimum absolute atomic E-state index is 0.0961. The van der Waals surface area contributed by atoms with Crippen LogP contribution >= 0.6 is 54.5 Å². The lowest BCUT2D eigenvalue weighted by Crippen LogP contribution is -2.32. The molecule has 0 aliphatic rings. The summed E-state index contributed by atoms with van der Waals surface area (Å²) in [6, 6.07) is 5.83. The number of nitrogens with zero attached hydrogens (tertiary/aromatic N) is 1. The summed E-state index contributed by atoms with van der Waals surface area (Å²) in [5.41, 5.74) is 0.744. The van der Waals surface area contributed by atoms with E-state index in [-0.39, 0.29) is 5.91 Å². The van der Waals surface area contributed by atoms with Gasteiger partial charge in [-0.15, -0.1) is 0 Å². The summed E-state index contributed by atoms with van der Waals surface area (Å²) in [5, 5.41) is 0.921. The van der Waals surface area contributed by atoms with Gasteiger partial charge in [0.15, 0.2) is 0 Å². The number of carbonyl (C=O) groups excluding carboxylic acids is 1. The molecule has 5 heteroatoms. The van der Waals surface area contributed by atoms with Crippen LogP contribution in [0.25, 0.3) is 0 Å². The van der Waals surface area contributed by atoms with E-state index in [0.29, 0.717) is 0 Å². The van der Waals surface area contributed by atoms with Crippen molar-refractivity contribution in [1.29, 1.82) is 0 Å². The van der Waals surface area contributed by atoms with Gasteiger partial charge < -0.3 is 4.90 Å². The van der Waals surface area contributed by atoms with Crippen molar-refractivity contribution in [2.24, 2.45) is 0 Å². The molecule has 0 aromatic heterocycles. The standard InChI is InChI=1S/C12H14Br2INO/c1-2-16(7-3-6-13)12(17)10-8-9(15)4-5-11(10)14/h4-5,8H,2-3,6-7H2,1H3. The van der Waals surface area contributed by atoms with Gasteiger partial charge in [0.1, 0.15) is 0 Å². The van der Waals surface area contributed by atoms with E-state index in [1.807, 2.05) is 30.0 Å². The van der Waals surface area contributed by atoms with Crippen LogP contribution in [0, 0.1) is 3.57 Å². The summed E-state index contributed by atoms with van der Waals surface area (Å²) >= 11 is 9.05. The molecule has 1 aromatic carbocycles.